The van der Waals surface area contributed by atoms with Crippen LogP contribution in [0.25, 0.3) is 0 Å². The maximum atomic E-state index is 11.6. The van der Waals surface area contributed by atoms with Crippen LogP contribution in [-0.2, 0) is 9.53 Å². The summed E-state index contributed by atoms with van der Waals surface area (Å²) in [4.78, 5) is 23.8. The third-order valence-corrected chi connectivity index (χ3v) is 2.27. The summed E-state index contributed by atoms with van der Waals surface area (Å²) >= 11 is 0. The number of carbonyl (C=O) groups excluding carboxylic acids is 2. The highest BCUT2D eigenvalue weighted by Crippen LogP contribution is 2.25. The number of amides is 3. The lowest BCUT2D eigenvalue weighted by Gasteiger charge is -2.34. The van der Waals surface area contributed by atoms with Crippen molar-refractivity contribution in [1.82, 2.24) is 10.2 Å². The van der Waals surface area contributed by atoms with E-state index < -0.39 is 11.6 Å². The molecule has 2 saturated heterocycles. The quantitative estimate of drug-likeness (QED) is 0.504. The minimum absolute atomic E-state index is 0.0480. The lowest BCUT2D eigenvalue weighted by molar-refractivity contribution is -0.148. The average Bonchev–Trinajstić information content (AvgIpc) is 2.28. The van der Waals surface area contributed by atoms with Gasteiger partial charge >= 0.3 is 6.03 Å². The number of β-amino-alcohol motifs (C(OH)–C–C–N with tert-alkyl or cyclic N) is 1. The number of rotatable bonds is 2. The van der Waals surface area contributed by atoms with Crippen molar-refractivity contribution in [1.29, 1.82) is 0 Å². The number of urea groups is 1. The molecule has 0 saturated carbocycles. The van der Waals surface area contributed by atoms with Gasteiger partial charge in [0, 0.05) is 0 Å². The Labute approximate surface area is 74.5 Å². The fraction of sp³-hybridized carbons (Fsp3) is 0.714. The Morgan fingerprint density at radius 3 is 2.62 bits per heavy atom. The summed E-state index contributed by atoms with van der Waals surface area (Å²) in [6, 6.07) is -0.442. The van der Waals surface area contributed by atoms with Gasteiger partial charge in [0.1, 0.15) is 0 Å². The molecular formula is C7H10N2O4. The molecule has 3 amide bonds. The predicted molar refractivity (Wildman–Crippen MR) is 40.9 cm³/mol. The zero-order chi connectivity index (χ0) is 9.47. The number of ether oxygens (including phenoxy) is 1. The van der Waals surface area contributed by atoms with Gasteiger partial charge in [0.2, 0.25) is 0 Å². The first-order valence-electron chi connectivity index (χ1n) is 4.02. The van der Waals surface area contributed by atoms with Crippen molar-refractivity contribution in [3.63, 3.8) is 0 Å². The molecular weight excluding hydrogens is 176 g/mol. The van der Waals surface area contributed by atoms with E-state index in [1.165, 1.54) is 0 Å². The summed E-state index contributed by atoms with van der Waals surface area (Å²) in [6.45, 7) is 0.307. The molecule has 0 aliphatic carbocycles. The summed E-state index contributed by atoms with van der Waals surface area (Å²) < 4.78 is 4.88. The topological polar surface area (TPSA) is 78.9 Å². The maximum Gasteiger partial charge on any atom is 0.325 e. The third kappa shape index (κ3) is 1.02. The molecule has 2 rings (SSSR count). The first-order chi connectivity index (χ1) is 6.19. The van der Waals surface area contributed by atoms with Crippen LogP contribution in [0.4, 0.5) is 4.79 Å². The fourth-order valence-electron chi connectivity index (χ4n) is 1.48. The van der Waals surface area contributed by atoms with Crippen molar-refractivity contribution >= 4 is 11.9 Å². The summed E-state index contributed by atoms with van der Waals surface area (Å²) in [5.74, 6) is -0.294. The average molecular weight is 186 g/mol. The van der Waals surface area contributed by atoms with E-state index >= 15 is 0 Å². The predicted octanol–water partition coefficient (Wildman–Crippen LogP) is -1.70. The molecule has 72 valence electrons. The van der Waals surface area contributed by atoms with E-state index in [4.69, 9.17) is 9.84 Å². The van der Waals surface area contributed by atoms with Crippen LogP contribution in [0, 0.1) is 0 Å². The Balaban J connectivity index is 2.14. The van der Waals surface area contributed by atoms with E-state index in [-0.39, 0.29) is 32.3 Å². The molecule has 0 unspecified atom stereocenters. The number of nitrogens with one attached hydrogen (secondary N) is 1. The van der Waals surface area contributed by atoms with Crippen LogP contribution in [0.15, 0.2) is 0 Å². The summed E-state index contributed by atoms with van der Waals surface area (Å²) in [6.07, 6.45) is 0. The SMILES string of the molecule is O=C1NC2(COC2)C(=O)N1CCO. The number of hydrogen-bond donors (Lipinski definition) is 2. The van der Waals surface area contributed by atoms with Gasteiger partial charge in [-0.3, -0.25) is 9.69 Å². The largest absolute Gasteiger partial charge is 0.395 e. The molecule has 2 aliphatic heterocycles. The van der Waals surface area contributed by atoms with Gasteiger partial charge in [-0.25, -0.2) is 4.79 Å². The van der Waals surface area contributed by atoms with Crippen LogP contribution in [0.5, 0.6) is 0 Å². The van der Waals surface area contributed by atoms with Gasteiger partial charge in [0.05, 0.1) is 26.4 Å². The Morgan fingerprint density at radius 1 is 1.54 bits per heavy atom. The van der Waals surface area contributed by atoms with Crippen LogP contribution < -0.4 is 5.32 Å². The number of imide groups is 1. The first-order valence-corrected chi connectivity index (χ1v) is 4.02. The van der Waals surface area contributed by atoms with Crippen molar-refractivity contribution in [2.24, 2.45) is 0 Å². The second-order valence-corrected chi connectivity index (χ2v) is 3.19. The zero-order valence-electron chi connectivity index (χ0n) is 6.95. The van der Waals surface area contributed by atoms with E-state index in [1.807, 2.05) is 0 Å². The normalized spacial score (nSPS) is 24.8. The molecule has 0 atom stereocenters. The second-order valence-electron chi connectivity index (χ2n) is 3.19. The number of carbonyl (C=O) groups is 2. The molecule has 2 heterocycles. The van der Waals surface area contributed by atoms with Gasteiger partial charge in [-0.15, -0.1) is 0 Å². The zero-order valence-corrected chi connectivity index (χ0v) is 6.95. The van der Waals surface area contributed by atoms with E-state index in [1.54, 1.807) is 0 Å². The summed E-state index contributed by atoms with van der Waals surface area (Å²) in [5, 5.41) is 11.2. The number of aliphatic hydroxyl groups is 1. The highest BCUT2D eigenvalue weighted by atomic mass is 16.5. The second kappa shape index (κ2) is 2.68. The Morgan fingerprint density at radius 2 is 2.23 bits per heavy atom. The number of aliphatic hydroxyl groups excluding tert-OH is 1. The van der Waals surface area contributed by atoms with Crippen LogP contribution in [0.2, 0.25) is 0 Å². The van der Waals surface area contributed by atoms with Crippen LogP contribution in [0.3, 0.4) is 0 Å². The molecule has 6 heteroatoms. The Kier molecular flexibility index (Phi) is 1.74. The molecule has 2 N–H and O–H groups in total. The molecule has 2 fully saturated rings. The fourth-order valence-corrected chi connectivity index (χ4v) is 1.48. The van der Waals surface area contributed by atoms with Crippen LogP contribution in [0.1, 0.15) is 0 Å². The molecule has 0 aromatic heterocycles. The van der Waals surface area contributed by atoms with Gasteiger partial charge in [-0.05, 0) is 0 Å². The minimum Gasteiger partial charge on any atom is -0.395 e. The molecule has 13 heavy (non-hydrogen) atoms. The summed E-state index contributed by atoms with van der Waals surface area (Å²) in [7, 11) is 0. The van der Waals surface area contributed by atoms with E-state index in [0.717, 1.165) is 4.90 Å². The van der Waals surface area contributed by atoms with Crippen LogP contribution in [-0.4, -0.2) is 53.8 Å². The van der Waals surface area contributed by atoms with Gasteiger partial charge in [0.15, 0.2) is 5.54 Å². The van der Waals surface area contributed by atoms with Crippen molar-refractivity contribution in [3.8, 4) is 0 Å². The van der Waals surface area contributed by atoms with Crippen molar-refractivity contribution < 1.29 is 19.4 Å². The monoisotopic (exact) mass is 186 g/mol. The van der Waals surface area contributed by atoms with Crippen LogP contribution >= 0.6 is 0 Å². The smallest absolute Gasteiger partial charge is 0.325 e. The minimum atomic E-state index is -0.827. The number of nitrogens with zero attached hydrogens (tertiary/aromatic N) is 1. The molecule has 0 bridgehead atoms. The summed E-state index contributed by atoms with van der Waals surface area (Å²) in [5.41, 5.74) is -0.827. The molecule has 0 aromatic carbocycles. The lowest BCUT2D eigenvalue weighted by Crippen LogP contribution is -2.62. The van der Waals surface area contributed by atoms with Gasteiger partial charge in [-0.1, -0.05) is 0 Å². The highest BCUT2D eigenvalue weighted by Gasteiger charge is 2.56. The lowest BCUT2D eigenvalue weighted by atomic mass is 9.98. The molecule has 0 radical (unpaired) electrons. The van der Waals surface area contributed by atoms with Crippen molar-refractivity contribution in [2.75, 3.05) is 26.4 Å². The first kappa shape index (κ1) is 8.46. The maximum absolute atomic E-state index is 11.6. The van der Waals surface area contributed by atoms with Crippen molar-refractivity contribution in [2.45, 2.75) is 5.54 Å². The highest BCUT2D eigenvalue weighted by molar-refractivity contribution is 6.07. The van der Waals surface area contributed by atoms with E-state index in [0.29, 0.717) is 0 Å². The molecule has 2 aliphatic rings. The van der Waals surface area contributed by atoms with Gasteiger partial charge in [0.25, 0.3) is 5.91 Å². The van der Waals surface area contributed by atoms with Gasteiger partial charge in [-0.2, -0.15) is 0 Å². The Hall–Kier alpha value is -1.14. The molecule has 0 aromatic rings. The Bertz CT molecular complexity index is 261. The molecule has 1 spiro atoms. The van der Waals surface area contributed by atoms with Gasteiger partial charge < -0.3 is 15.2 Å². The van der Waals surface area contributed by atoms with E-state index in [2.05, 4.69) is 5.32 Å². The number of hydrogen-bond acceptors (Lipinski definition) is 4. The van der Waals surface area contributed by atoms with Crippen molar-refractivity contribution in [3.05, 3.63) is 0 Å². The molecule has 6 nitrogen and oxygen atoms in total. The standard InChI is InChI=1S/C7H10N2O4/c10-2-1-9-5(11)7(3-13-4-7)8-6(9)12/h10H,1-4H2,(H,8,12). The van der Waals surface area contributed by atoms with E-state index in [9.17, 15) is 9.59 Å². The third-order valence-electron chi connectivity index (χ3n) is 2.27.